The van der Waals surface area contributed by atoms with Gasteiger partial charge in [-0.15, -0.1) is 0 Å². The van der Waals surface area contributed by atoms with Crippen LogP contribution in [0.2, 0.25) is 0 Å². The molecule has 3 heterocycles. The summed E-state index contributed by atoms with van der Waals surface area (Å²) in [4.78, 5) is 19.4. The number of para-hydroxylation sites is 1. The molecule has 0 N–H and O–H groups in total. The van der Waals surface area contributed by atoms with Crippen molar-refractivity contribution in [3.05, 3.63) is 151 Å². The molecular formula is C39H27N5. The largest absolute Gasteiger partial charge is 0.309 e. The predicted molar refractivity (Wildman–Crippen MR) is 178 cm³/mol. The average Bonchev–Trinajstić information content (AvgIpc) is 3.42. The summed E-state index contributed by atoms with van der Waals surface area (Å²) < 4.78 is 2.35. The van der Waals surface area contributed by atoms with E-state index >= 15 is 0 Å². The zero-order chi connectivity index (χ0) is 29.5. The van der Waals surface area contributed by atoms with Gasteiger partial charge in [0.05, 0.1) is 16.7 Å². The van der Waals surface area contributed by atoms with Crippen LogP contribution in [0, 0.1) is 6.92 Å². The summed E-state index contributed by atoms with van der Waals surface area (Å²) >= 11 is 0. The lowest BCUT2D eigenvalue weighted by molar-refractivity contribution is 1.07. The second-order valence-corrected chi connectivity index (χ2v) is 10.9. The van der Waals surface area contributed by atoms with Crippen LogP contribution in [0.15, 0.2) is 146 Å². The summed E-state index contributed by atoms with van der Waals surface area (Å²) in [7, 11) is 0. The maximum atomic E-state index is 5.02. The second kappa shape index (κ2) is 10.7. The Bertz CT molecular complexity index is 2220. The zero-order valence-corrected chi connectivity index (χ0v) is 24.1. The summed E-state index contributed by atoms with van der Waals surface area (Å²) in [5, 5.41) is 2.44. The fourth-order valence-electron chi connectivity index (χ4n) is 5.91. The molecule has 5 aromatic carbocycles. The van der Waals surface area contributed by atoms with Crippen molar-refractivity contribution in [3.63, 3.8) is 0 Å². The molecule has 0 spiro atoms. The molecular weight excluding hydrogens is 538 g/mol. The number of benzene rings is 5. The highest BCUT2D eigenvalue weighted by Gasteiger charge is 2.19. The summed E-state index contributed by atoms with van der Waals surface area (Å²) in [6.45, 7) is 2.14. The van der Waals surface area contributed by atoms with Crippen LogP contribution in [0.5, 0.6) is 0 Å². The van der Waals surface area contributed by atoms with Crippen molar-refractivity contribution in [2.75, 3.05) is 0 Å². The lowest BCUT2D eigenvalue weighted by Crippen LogP contribution is -2.02. The van der Waals surface area contributed by atoms with Crippen molar-refractivity contribution in [2.45, 2.75) is 6.92 Å². The van der Waals surface area contributed by atoms with Crippen molar-refractivity contribution < 1.29 is 0 Å². The van der Waals surface area contributed by atoms with E-state index in [1.807, 2.05) is 79.1 Å². The van der Waals surface area contributed by atoms with Gasteiger partial charge in [0.25, 0.3) is 0 Å². The van der Waals surface area contributed by atoms with E-state index in [1.54, 1.807) is 0 Å². The van der Waals surface area contributed by atoms with Crippen LogP contribution in [-0.4, -0.2) is 24.5 Å². The highest BCUT2D eigenvalue weighted by atomic mass is 15.0. The molecule has 0 unspecified atom stereocenters. The minimum Gasteiger partial charge on any atom is -0.309 e. The van der Waals surface area contributed by atoms with Gasteiger partial charge in [-0.05, 0) is 37.3 Å². The third kappa shape index (κ3) is 4.52. The summed E-state index contributed by atoms with van der Waals surface area (Å²) in [6.07, 6.45) is 3.72. The van der Waals surface area contributed by atoms with Gasteiger partial charge in [-0.25, -0.2) is 15.0 Å². The summed E-state index contributed by atoms with van der Waals surface area (Å²) in [5.41, 5.74) is 9.45. The number of aryl methyl sites for hydroxylation is 1. The van der Waals surface area contributed by atoms with E-state index in [-0.39, 0.29) is 0 Å². The molecule has 0 fully saturated rings. The standard InChI is InChI=1S/C39H27N5/c1-26-18-21-35-33(23-26)32-16-8-9-17-34(32)44(35)36-24-29(19-20-31(36)30-15-10-22-40-25-30)39-42-37(27-11-4-2-5-12-27)41-38(43-39)28-13-6-3-7-14-28/h2-25H,1H3. The molecule has 0 atom stereocenters. The van der Waals surface area contributed by atoms with Crippen molar-refractivity contribution in [1.29, 1.82) is 0 Å². The summed E-state index contributed by atoms with van der Waals surface area (Å²) in [6, 6.07) is 46.0. The molecule has 0 amide bonds. The van der Waals surface area contributed by atoms with Crippen molar-refractivity contribution in [2.24, 2.45) is 0 Å². The molecule has 0 radical (unpaired) electrons. The van der Waals surface area contributed by atoms with Crippen LogP contribution in [0.25, 0.3) is 72.8 Å². The van der Waals surface area contributed by atoms with Crippen molar-refractivity contribution >= 4 is 21.8 Å². The third-order valence-corrected chi connectivity index (χ3v) is 8.00. The highest BCUT2D eigenvalue weighted by molar-refractivity contribution is 6.10. The molecule has 0 saturated carbocycles. The van der Waals surface area contributed by atoms with Crippen LogP contribution in [0.4, 0.5) is 0 Å². The Morgan fingerprint density at radius 3 is 1.77 bits per heavy atom. The average molecular weight is 566 g/mol. The van der Waals surface area contributed by atoms with Gasteiger partial charge in [0, 0.05) is 51.0 Å². The number of hydrogen-bond donors (Lipinski definition) is 0. The normalized spacial score (nSPS) is 11.3. The molecule has 208 valence electrons. The van der Waals surface area contributed by atoms with E-state index in [0.29, 0.717) is 17.5 Å². The number of pyridine rings is 1. The van der Waals surface area contributed by atoms with E-state index in [9.17, 15) is 0 Å². The van der Waals surface area contributed by atoms with Crippen LogP contribution in [0.3, 0.4) is 0 Å². The Morgan fingerprint density at radius 1 is 0.477 bits per heavy atom. The fourth-order valence-corrected chi connectivity index (χ4v) is 5.91. The lowest BCUT2D eigenvalue weighted by Gasteiger charge is -2.16. The van der Waals surface area contributed by atoms with Crippen LogP contribution >= 0.6 is 0 Å². The van der Waals surface area contributed by atoms with Crippen LogP contribution in [0.1, 0.15) is 5.56 Å². The molecule has 3 aromatic heterocycles. The van der Waals surface area contributed by atoms with Gasteiger partial charge in [-0.3, -0.25) is 4.98 Å². The van der Waals surface area contributed by atoms with E-state index in [1.165, 1.54) is 16.3 Å². The quantitative estimate of drug-likeness (QED) is 0.209. The Balaban J connectivity index is 1.41. The molecule has 5 heteroatoms. The maximum Gasteiger partial charge on any atom is 0.164 e. The molecule has 0 bridgehead atoms. The molecule has 0 saturated heterocycles. The number of fused-ring (bicyclic) bond motifs is 3. The van der Waals surface area contributed by atoms with Crippen LogP contribution in [-0.2, 0) is 0 Å². The Hall–Kier alpha value is -5.94. The maximum absolute atomic E-state index is 5.02. The predicted octanol–water partition coefficient (Wildman–Crippen LogP) is 9.34. The zero-order valence-electron chi connectivity index (χ0n) is 24.1. The minimum absolute atomic E-state index is 0.619. The fraction of sp³-hybridized carbons (Fsp3) is 0.0256. The molecule has 8 aromatic rings. The third-order valence-electron chi connectivity index (χ3n) is 8.00. The van der Waals surface area contributed by atoms with Gasteiger partial charge in [-0.2, -0.15) is 0 Å². The van der Waals surface area contributed by atoms with Gasteiger partial charge < -0.3 is 4.57 Å². The lowest BCUT2D eigenvalue weighted by atomic mass is 10.0. The number of rotatable bonds is 5. The topological polar surface area (TPSA) is 56.5 Å². The van der Waals surface area contributed by atoms with Gasteiger partial charge in [0.2, 0.25) is 0 Å². The second-order valence-electron chi connectivity index (χ2n) is 10.9. The minimum atomic E-state index is 0.619. The first kappa shape index (κ1) is 25.7. The van der Waals surface area contributed by atoms with Gasteiger partial charge in [-0.1, -0.05) is 109 Å². The van der Waals surface area contributed by atoms with Gasteiger partial charge in [0.1, 0.15) is 0 Å². The number of aromatic nitrogens is 5. The SMILES string of the molecule is Cc1ccc2c(c1)c1ccccc1n2-c1cc(-c2nc(-c3ccccc3)nc(-c3ccccc3)n2)ccc1-c1cccnc1. The van der Waals surface area contributed by atoms with Gasteiger partial charge >= 0.3 is 0 Å². The summed E-state index contributed by atoms with van der Waals surface area (Å²) in [5.74, 6) is 1.90. The Morgan fingerprint density at radius 2 is 1.09 bits per heavy atom. The molecule has 0 aliphatic carbocycles. The van der Waals surface area contributed by atoms with E-state index in [2.05, 4.69) is 83.2 Å². The molecule has 0 aliphatic rings. The van der Waals surface area contributed by atoms with Crippen LogP contribution < -0.4 is 0 Å². The van der Waals surface area contributed by atoms with Crippen molar-refractivity contribution in [3.8, 4) is 51.0 Å². The first-order chi connectivity index (χ1) is 21.7. The Kier molecular flexibility index (Phi) is 6.27. The smallest absolute Gasteiger partial charge is 0.164 e. The molecule has 0 aliphatic heterocycles. The van der Waals surface area contributed by atoms with E-state index in [0.717, 1.165) is 44.5 Å². The monoisotopic (exact) mass is 565 g/mol. The first-order valence-corrected chi connectivity index (χ1v) is 14.6. The highest BCUT2D eigenvalue weighted by Crippen LogP contribution is 2.38. The number of hydrogen-bond acceptors (Lipinski definition) is 4. The van der Waals surface area contributed by atoms with E-state index < -0.39 is 0 Å². The van der Waals surface area contributed by atoms with Crippen molar-refractivity contribution in [1.82, 2.24) is 24.5 Å². The molecule has 5 nitrogen and oxygen atoms in total. The molecule has 8 rings (SSSR count). The Labute approximate surface area is 255 Å². The van der Waals surface area contributed by atoms with E-state index in [4.69, 9.17) is 15.0 Å². The first-order valence-electron chi connectivity index (χ1n) is 14.6. The molecule has 44 heavy (non-hydrogen) atoms. The van der Waals surface area contributed by atoms with Gasteiger partial charge in [0.15, 0.2) is 17.5 Å². The number of nitrogens with zero attached hydrogens (tertiary/aromatic N) is 5.